The second kappa shape index (κ2) is 7.89. The molecular formula is C17H19FN2O5. The number of amides is 1. The van der Waals surface area contributed by atoms with E-state index < -0.39 is 23.2 Å². The van der Waals surface area contributed by atoms with E-state index >= 15 is 0 Å². The molecule has 0 aliphatic carbocycles. The first kappa shape index (κ1) is 18.6. The third-order valence-electron chi connectivity index (χ3n) is 3.58. The van der Waals surface area contributed by atoms with Crippen LogP contribution in [0.15, 0.2) is 34.9 Å². The fourth-order valence-electron chi connectivity index (χ4n) is 2.24. The van der Waals surface area contributed by atoms with Crippen LogP contribution in [-0.2, 0) is 20.7 Å². The van der Waals surface area contributed by atoms with Crippen LogP contribution in [0.1, 0.15) is 19.2 Å². The number of methoxy groups -OCH3 is 1. The van der Waals surface area contributed by atoms with Crippen molar-refractivity contribution >= 4 is 11.9 Å². The van der Waals surface area contributed by atoms with E-state index in [0.29, 0.717) is 0 Å². The first-order chi connectivity index (χ1) is 11.9. The van der Waals surface area contributed by atoms with Crippen LogP contribution in [0.5, 0.6) is 0 Å². The maximum atomic E-state index is 13.7. The van der Waals surface area contributed by atoms with Crippen LogP contribution in [0.3, 0.4) is 0 Å². The number of ether oxygens (including phenoxy) is 1. The zero-order valence-corrected chi connectivity index (χ0v) is 13.9. The monoisotopic (exact) mass is 350 g/mol. The Balaban J connectivity index is 1.97. The van der Waals surface area contributed by atoms with Gasteiger partial charge in [-0.05, 0) is 19.1 Å². The number of carbonyl (C=O) groups is 2. The fourth-order valence-corrected chi connectivity index (χ4v) is 2.24. The molecule has 1 aromatic carbocycles. The van der Waals surface area contributed by atoms with Gasteiger partial charge < -0.3 is 19.6 Å². The van der Waals surface area contributed by atoms with Crippen molar-refractivity contribution in [3.8, 4) is 11.3 Å². The van der Waals surface area contributed by atoms with Crippen LogP contribution >= 0.6 is 0 Å². The van der Waals surface area contributed by atoms with Crippen molar-refractivity contribution in [2.45, 2.75) is 25.3 Å². The quantitative estimate of drug-likeness (QED) is 0.755. The number of carboxylic acids is 1. The van der Waals surface area contributed by atoms with Gasteiger partial charge in [0.2, 0.25) is 5.91 Å². The summed E-state index contributed by atoms with van der Waals surface area (Å²) in [5.41, 5.74) is -1.23. The Hall–Kier alpha value is -2.74. The molecule has 0 radical (unpaired) electrons. The van der Waals surface area contributed by atoms with E-state index in [0.717, 1.165) is 0 Å². The van der Waals surface area contributed by atoms with Gasteiger partial charge in [0.25, 0.3) is 0 Å². The molecule has 0 saturated carbocycles. The van der Waals surface area contributed by atoms with Gasteiger partial charge in [-0.1, -0.05) is 12.1 Å². The van der Waals surface area contributed by atoms with Crippen LogP contribution in [0.2, 0.25) is 0 Å². The summed E-state index contributed by atoms with van der Waals surface area (Å²) in [4.78, 5) is 27.3. The van der Waals surface area contributed by atoms with Crippen molar-refractivity contribution in [1.29, 1.82) is 0 Å². The van der Waals surface area contributed by atoms with Gasteiger partial charge in [0.1, 0.15) is 5.82 Å². The number of benzene rings is 1. The lowest BCUT2D eigenvalue weighted by Crippen LogP contribution is -2.55. The molecule has 1 heterocycles. The van der Waals surface area contributed by atoms with Crippen molar-refractivity contribution in [2.75, 3.05) is 13.7 Å². The first-order valence-electron chi connectivity index (χ1n) is 7.58. The Kier molecular flexibility index (Phi) is 5.87. The number of nitrogens with one attached hydrogen (secondary N) is 1. The van der Waals surface area contributed by atoms with E-state index in [1.807, 2.05) is 0 Å². The molecule has 2 rings (SSSR count). The molecule has 0 aliphatic heterocycles. The SMILES string of the molecule is COCC(C)(NC(=O)CCc1ncc(-c2ccccc2F)o1)C(=O)O. The summed E-state index contributed by atoms with van der Waals surface area (Å²) in [5.74, 6) is -1.58. The van der Waals surface area contributed by atoms with Gasteiger partial charge in [-0.15, -0.1) is 0 Å². The van der Waals surface area contributed by atoms with Gasteiger partial charge in [-0.3, -0.25) is 4.79 Å². The minimum atomic E-state index is -1.51. The lowest BCUT2D eigenvalue weighted by Gasteiger charge is -2.25. The molecule has 2 aromatic rings. The van der Waals surface area contributed by atoms with E-state index in [9.17, 15) is 19.1 Å². The van der Waals surface area contributed by atoms with Crippen molar-refractivity contribution in [2.24, 2.45) is 0 Å². The number of rotatable bonds is 8. The molecule has 0 fully saturated rings. The second-order valence-electron chi connectivity index (χ2n) is 5.72. The van der Waals surface area contributed by atoms with Gasteiger partial charge in [0.15, 0.2) is 17.2 Å². The van der Waals surface area contributed by atoms with Crippen molar-refractivity contribution in [3.05, 3.63) is 42.2 Å². The largest absolute Gasteiger partial charge is 0.479 e. The molecule has 1 aromatic heterocycles. The number of hydrogen-bond donors (Lipinski definition) is 2. The summed E-state index contributed by atoms with van der Waals surface area (Å²) in [5, 5.41) is 11.6. The Morgan fingerprint density at radius 3 is 2.76 bits per heavy atom. The normalized spacial score (nSPS) is 13.2. The smallest absolute Gasteiger partial charge is 0.331 e. The number of aryl methyl sites for hydroxylation is 1. The van der Waals surface area contributed by atoms with E-state index in [2.05, 4.69) is 10.3 Å². The summed E-state index contributed by atoms with van der Waals surface area (Å²) in [6.07, 6.45) is 1.52. The highest BCUT2D eigenvalue weighted by Crippen LogP contribution is 2.23. The Labute approximate surface area is 143 Å². The molecule has 0 aliphatic rings. The number of hydrogen-bond acceptors (Lipinski definition) is 5. The van der Waals surface area contributed by atoms with Crippen LogP contribution in [0.4, 0.5) is 4.39 Å². The van der Waals surface area contributed by atoms with Gasteiger partial charge >= 0.3 is 5.97 Å². The van der Waals surface area contributed by atoms with E-state index in [4.69, 9.17) is 9.15 Å². The van der Waals surface area contributed by atoms with Gasteiger partial charge in [0, 0.05) is 20.0 Å². The highest BCUT2D eigenvalue weighted by molar-refractivity contribution is 5.86. The van der Waals surface area contributed by atoms with Gasteiger partial charge in [0.05, 0.1) is 18.4 Å². The molecule has 7 nitrogen and oxygen atoms in total. The lowest BCUT2D eigenvalue weighted by molar-refractivity contribution is -0.149. The summed E-state index contributed by atoms with van der Waals surface area (Å²) >= 11 is 0. The van der Waals surface area contributed by atoms with Crippen molar-refractivity contribution < 1.29 is 28.2 Å². The number of halogens is 1. The molecule has 2 N–H and O–H groups in total. The maximum absolute atomic E-state index is 13.7. The van der Waals surface area contributed by atoms with Crippen molar-refractivity contribution in [3.63, 3.8) is 0 Å². The second-order valence-corrected chi connectivity index (χ2v) is 5.72. The zero-order valence-electron chi connectivity index (χ0n) is 13.9. The summed E-state index contributed by atoms with van der Waals surface area (Å²) in [6, 6.07) is 6.12. The maximum Gasteiger partial charge on any atom is 0.331 e. The molecular weight excluding hydrogens is 331 g/mol. The summed E-state index contributed by atoms with van der Waals surface area (Å²) in [6.45, 7) is 1.20. The minimum Gasteiger partial charge on any atom is -0.479 e. The first-order valence-corrected chi connectivity index (χ1v) is 7.58. The molecule has 1 atom stereocenters. The number of oxazole rings is 1. The topological polar surface area (TPSA) is 102 Å². The third-order valence-corrected chi connectivity index (χ3v) is 3.58. The number of carboxylic acid groups (broad SMARTS) is 1. The standard InChI is InChI=1S/C17H19FN2O5/c1-17(10-24-2,16(22)23)20-14(21)7-8-15-19-9-13(25-15)11-5-3-4-6-12(11)18/h3-6,9H,7-8,10H2,1-2H3,(H,20,21)(H,22,23). The van der Waals surface area contributed by atoms with E-state index in [1.54, 1.807) is 18.2 Å². The van der Waals surface area contributed by atoms with Gasteiger partial charge in [-0.2, -0.15) is 0 Å². The highest BCUT2D eigenvalue weighted by Gasteiger charge is 2.34. The van der Waals surface area contributed by atoms with Crippen LogP contribution in [0.25, 0.3) is 11.3 Å². The summed E-state index contributed by atoms with van der Waals surface area (Å²) in [7, 11) is 1.35. The number of carbonyl (C=O) groups excluding carboxylic acids is 1. The predicted molar refractivity (Wildman–Crippen MR) is 86.3 cm³/mol. The van der Waals surface area contributed by atoms with E-state index in [-0.39, 0.29) is 36.7 Å². The predicted octanol–water partition coefficient (Wildman–Crippen LogP) is 2.02. The fraction of sp³-hybridized carbons (Fsp3) is 0.353. The number of aliphatic carboxylic acids is 1. The average molecular weight is 350 g/mol. The molecule has 8 heteroatoms. The highest BCUT2D eigenvalue weighted by atomic mass is 19.1. The minimum absolute atomic E-state index is 0.0240. The Bertz CT molecular complexity index is 761. The molecule has 0 bridgehead atoms. The Morgan fingerprint density at radius 1 is 1.40 bits per heavy atom. The number of aromatic nitrogens is 1. The molecule has 0 saturated heterocycles. The van der Waals surface area contributed by atoms with E-state index in [1.165, 1.54) is 26.3 Å². The zero-order chi connectivity index (χ0) is 18.4. The van der Waals surface area contributed by atoms with Crippen LogP contribution < -0.4 is 5.32 Å². The van der Waals surface area contributed by atoms with Crippen molar-refractivity contribution in [1.82, 2.24) is 10.3 Å². The third kappa shape index (κ3) is 4.63. The average Bonchev–Trinajstić information content (AvgIpc) is 3.02. The number of nitrogens with zero attached hydrogens (tertiary/aromatic N) is 1. The molecule has 25 heavy (non-hydrogen) atoms. The lowest BCUT2D eigenvalue weighted by atomic mass is 10.0. The van der Waals surface area contributed by atoms with Gasteiger partial charge in [-0.25, -0.2) is 14.2 Å². The van der Waals surface area contributed by atoms with Crippen LogP contribution in [0, 0.1) is 5.82 Å². The molecule has 0 spiro atoms. The Morgan fingerprint density at radius 2 is 2.12 bits per heavy atom. The molecule has 1 amide bonds. The molecule has 134 valence electrons. The van der Waals surface area contributed by atoms with Crippen LogP contribution in [-0.4, -0.2) is 41.2 Å². The summed E-state index contributed by atoms with van der Waals surface area (Å²) < 4.78 is 24.0. The molecule has 1 unspecified atom stereocenters.